The van der Waals surface area contributed by atoms with Crippen molar-refractivity contribution in [1.29, 1.82) is 0 Å². The van der Waals surface area contributed by atoms with Crippen molar-refractivity contribution in [3.63, 3.8) is 0 Å². The highest BCUT2D eigenvalue weighted by molar-refractivity contribution is 6.62. The minimum Gasteiger partial charge on any atom is -0.399 e. The standard InChI is InChI=1S/C13H16BF3O2.C3H9N/c1-11(2)12(3,4)19-14(18-11)10-7-5-9(6-8-10)13(15,16)17;1-3-4-2/h5-8H,1-4H3;4H,3H2,1-2H3. The van der Waals surface area contributed by atoms with Crippen LogP contribution in [-0.2, 0) is 15.5 Å². The fourth-order valence-corrected chi connectivity index (χ4v) is 1.81. The predicted molar refractivity (Wildman–Crippen MR) is 86.8 cm³/mol. The number of halogens is 3. The molecule has 0 unspecified atom stereocenters. The van der Waals surface area contributed by atoms with Crippen molar-refractivity contribution in [2.24, 2.45) is 0 Å². The molecule has 0 bridgehead atoms. The summed E-state index contributed by atoms with van der Waals surface area (Å²) in [6, 6.07) is 4.87. The molecular formula is C16H25BF3NO2. The van der Waals surface area contributed by atoms with E-state index in [0.29, 0.717) is 5.46 Å². The summed E-state index contributed by atoms with van der Waals surface area (Å²) in [5, 5.41) is 2.93. The van der Waals surface area contributed by atoms with E-state index in [2.05, 4.69) is 12.2 Å². The van der Waals surface area contributed by atoms with Gasteiger partial charge in [0.25, 0.3) is 0 Å². The van der Waals surface area contributed by atoms with Crippen LogP contribution >= 0.6 is 0 Å². The first-order valence-corrected chi connectivity index (χ1v) is 7.62. The Morgan fingerprint density at radius 2 is 1.39 bits per heavy atom. The summed E-state index contributed by atoms with van der Waals surface area (Å²) in [4.78, 5) is 0. The van der Waals surface area contributed by atoms with Crippen LogP contribution in [0.15, 0.2) is 24.3 Å². The Morgan fingerprint density at radius 1 is 1.00 bits per heavy atom. The van der Waals surface area contributed by atoms with Crippen molar-refractivity contribution in [3.05, 3.63) is 29.8 Å². The molecule has 1 saturated heterocycles. The summed E-state index contributed by atoms with van der Waals surface area (Å²) in [7, 11) is 1.30. The van der Waals surface area contributed by atoms with Gasteiger partial charge in [-0.3, -0.25) is 0 Å². The van der Waals surface area contributed by atoms with E-state index < -0.39 is 30.1 Å². The fraction of sp³-hybridized carbons (Fsp3) is 0.625. The molecule has 0 amide bonds. The van der Waals surface area contributed by atoms with Gasteiger partial charge in [0.2, 0.25) is 0 Å². The van der Waals surface area contributed by atoms with E-state index in [1.165, 1.54) is 12.1 Å². The summed E-state index contributed by atoms with van der Waals surface area (Å²) in [5.41, 5.74) is -1.08. The zero-order valence-electron chi connectivity index (χ0n) is 14.5. The van der Waals surface area contributed by atoms with E-state index in [1.54, 1.807) is 0 Å². The largest absolute Gasteiger partial charge is 0.494 e. The van der Waals surface area contributed by atoms with E-state index in [-0.39, 0.29) is 0 Å². The molecule has 1 N–H and O–H groups in total. The van der Waals surface area contributed by atoms with E-state index in [4.69, 9.17) is 9.31 Å². The van der Waals surface area contributed by atoms with Gasteiger partial charge in [-0.15, -0.1) is 0 Å². The first-order valence-electron chi connectivity index (χ1n) is 7.62. The van der Waals surface area contributed by atoms with Crippen LogP contribution in [0, 0.1) is 0 Å². The minimum atomic E-state index is -4.32. The highest BCUT2D eigenvalue weighted by atomic mass is 19.4. The Hall–Kier alpha value is -1.05. The molecule has 23 heavy (non-hydrogen) atoms. The van der Waals surface area contributed by atoms with Crippen LogP contribution in [-0.4, -0.2) is 31.9 Å². The molecule has 1 aliphatic rings. The molecule has 1 aromatic rings. The number of rotatable bonds is 2. The Bertz CT molecular complexity index is 483. The van der Waals surface area contributed by atoms with Gasteiger partial charge in [0.05, 0.1) is 16.8 Å². The maximum absolute atomic E-state index is 12.5. The molecule has 1 aromatic carbocycles. The van der Waals surface area contributed by atoms with Gasteiger partial charge in [0, 0.05) is 0 Å². The van der Waals surface area contributed by atoms with Crippen molar-refractivity contribution in [1.82, 2.24) is 5.32 Å². The normalized spacial score (nSPS) is 19.3. The second kappa shape index (κ2) is 7.24. The van der Waals surface area contributed by atoms with Crippen molar-refractivity contribution in [2.75, 3.05) is 13.6 Å². The molecule has 0 aromatic heterocycles. The van der Waals surface area contributed by atoms with Gasteiger partial charge >= 0.3 is 13.3 Å². The van der Waals surface area contributed by atoms with E-state index in [0.717, 1.165) is 18.7 Å². The number of alkyl halides is 3. The predicted octanol–water partition coefficient (Wildman–Crippen LogP) is 3.23. The van der Waals surface area contributed by atoms with Crippen LogP contribution < -0.4 is 10.8 Å². The summed E-state index contributed by atoms with van der Waals surface area (Å²) in [6.45, 7) is 10.7. The number of hydrogen-bond acceptors (Lipinski definition) is 3. The SMILES string of the molecule is CC1(C)OB(c2ccc(C(F)(F)F)cc2)OC1(C)C.CCNC. The lowest BCUT2D eigenvalue weighted by atomic mass is 9.79. The fourth-order valence-electron chi connectivity index (χ4n) is 1.81. The number of nitrogens with one attached hydrogen (secondary N) is 1. The summed E-state index contributed by atoms with van der Waals surface area (Å²) < 4.78 is 49.0. The highest BCUT2D eigenvalue weighted by Crippen LogP contribution is 2.36. The van der Waals surface area contributed by atoms with Crippen LogP contribution in [0.25, 0.3) is 0 Å². The van der Waals surface area contributed by atoms with Gasteiger partial charge < -0.3 is 14.6 Å². The van der Waals surface area contributed by atoms with Crippen molar-refractivity contribution >= 4 is 12.6 Å². The molecule has 0 atom stereocenters. The Balaban J connectivity index is 0.000000593. The first-order chi connectivity index (χ1) is 10.4. The Labute approximate surface area is 136 Å². The molecule has 0 radical (unpaired) electrons. The maximum atomic E-state index is 12.5. The first kappa shape index (κ1) is 20.0. The topological polar surface area (TPSA) is 30.5 Å². The van der Waals surface area contributed by atoms with Crippen LogP contribution in [0.2, 0.25) is 0 Å². The average molecular weight is 331 g/mol. The Kier molecular flexibility index (Phi) is 6.29. The molecule has 0 aliphatic carbocycles. The molecule has 1 fully saturated rings. The molecule has 2 rings (SSSR count). The van der Waals surface area contributed by atoms with Gasteiger partial charge in [-0.1, -0.05) is 31.2 Å². The van der Waals surface area contributed by atoms with E-state index >= 15 is 0 Å². The zero-order chi connectivity index (χ0) is 17.9. The van der Waals surface area contributed by atoms with Crippen LogP contribution in [0.3, 0.4) is 0 Å². The van der Waals surface area contributed by atoms with Crippen LogP contribution in [0.1, 0.15) is 40.2 Å². The monoisotopic (exact) mass is 331 g/mol. The maximum Gasteiger partial charge on any atom is 0.494 e. The van der Waals surface area contributed by atoms with Gasteiger partial charge in [-0.05, 0) is 46.8 Å². The van der Waals surface area contributed by atoms with E-state index in [9.17, 15) is 13.2 Å². The van der Waals surface area contributed by atoms with Gasteiger partial charge in [-0.2, -0.15) is 13.2 Å². The summed E-state index contributed by atoms with van der Waals surface area (Å²) in [5.74, 6) is 0. The molecule has 130 valence electrons. The second-order valence-electron chi connectivity index (χ2n) is 6.42. The van der Waals surface area contributed by atoms with Gasteiger partial charge in [-0.25, -0.2) is 0 Å². The lowest BCUT2D eigenvalue weighted by Gasteiger charge is -2.32. The zero-order valence-corrected chi connectivity index (χ0v) is 14.5. The van der Waals surface area contributed by atoms with Gasteiger partial charge in [0.15, 0.2) is 0 Å². The number of hydrogen-bond donors (Lipinski definition) is 1. The van der Waals surface area contributed by atoms with Crippen LogP contribution in [0.4, 0.5) is 13.2 Å². The molecule has 1 aliphatic heterocycles. The quantitative estimate of drug-likeness (QED) is 0.844. The third-order valence-corrected chi connectivity index (χ3v) is 4.12. The lowest BCUT2D eigenvalue weighted by molar-refractivity contribution is -0.137. The smallest absolute Gasteiger partial charge is 0.399 e. The molecule has 0 saturated carbocycles. The second-order valence-corrected chi connectivity index (χ2v) is 6.42. The van der Waals surface area contributed by atoms with E-state index in [1.807, 2.05) is 34.7 Å². The molecular weight excluding hydrogens is 306 g/mol. The molecule has 0 spiro atoms. The van der Waals surface area contributed by atoms with Crippen molar-refractivity contribution < 1.29 is 22.5 Å². The average Bonchev–Trinajstić information content (AvgIpc) is 2.67. The highest BCUT2D eigenvalue weighted by Gasteiger charge is 2.51. The van der Waals surface area contributed by atoms with Gasteiger partial charge in [0.1, 0.15) is 0 Å². The summed E-state index contributed by atoms with van der Waals surface area (Å²) >= 11 is 0. The third kappa shape index (κ3) is 4.96. The molecule has 7 heteroatoms. The summed E-state index contributed by atoms with van der Waals surface area (Å²) in [6.07, 6.45) is -4.32. The third-order valence-electron chi connectivity index (χ3n) is 4.12. The lowest BCUT2D eigenvalue weighted by Crippen LogP contribution is -2.41. The number of benzene rings is 1. The Morgan fingerprint density at radius 3 is 1.70 bits per heavy atom. The molecule has 3 nitrogen and oxygen atoms in total. The van der Waals surface area contributed by atoms with Crippen molar-refractivity contribution in [2.45, 2.75) is 52.0 Å². The minimum absolute atomic E-state index is 0.500. The molecule has 1 heterocycles. The van der Waals surface area contributed by atoms with Crippen LogP contribution in [0.5, 0.6) is 0 Å². The van der Waals surface area contributed by atoms with Crippen molar-refractivity contribution in [3.8, 4) is 0 Å².